The number of thiophene rings is 1. The third kappa shape index (κ3) is 4.70. The van der Waals surface area contributed by atoms with Gasteiger partial charge in [0.15, 0.2) is 5.82 Å². The Hall–Kier alpha value is -2.73. The maximum atomic E-state index is 13.5. The maximum Gasteiger partial charge on any atom is 0.231 e. The minimum Gasteiger partial charge on any atom is -0.354 e. The first-order valence-corrected chi connectivity index (χ1v) is 11.6. The number of para-hydroxylation sites is 1. The van der Waals surface area contributed by atoms with Crippen LogP contribution in [-0.4, -0.2) is 35.7 Å². The third-order valence-electron chi connectivity index (χ3n) is 5.59. The van der Waals surface area contributed by atoms with Crippen LogP contribution in [0.15, 0.2) is 60.0 Å². The Morgan fingerprint density at radius 3 is 2.70 bits per heavy atom. The van der Waals surface area contributed by atoms with E-state index in [1.165, 1.54) is 0 Å². The van der Waals surface area contributed by atoms with Crippen molar-refractivity contribution in [2.24, 2.45) is 5.92 Å². The molecule has 1 aromatic carbocycles. The van der Waals surface area contributed by atoms with E-state index < -0.39 is 0 Å². The lowest BCUT2D eigenvalue weighted by atomic mass is 9.96. The molecule has 1 atom stereocenters. The minimum absolute atomic E-state index is 0.0189. The number of carbonyl (C=O) groups is 1. The van der Waals surface area contributed by atoms with Gasteiger partial charge in [-0.2, -0.15) is 0 Å². The number of carbonyl (C=O) groups excluding carboxylic acids is 1. The summed E-state index contributed by atoms with van der Waals surface area (Å²) < 4.78 is 0. The molecule has 4 rings (SSSR count). The number of hydrogen-bond acceptors (Lipinski definition) is 5. The number of rotatable bonds is 7. The van der Waals surface area contributed by atoms with Crippen molar-refractivity contribution in [3.8, 4) is 10.6 Å². The molecule has 3 heterocycles. The van der Waals surface area contributed by atoms with Crippen molar-refractivity contribution in [1.82, 2.24) is 10.2 Å². The molecule has 0 bridgehead atoms. The number of amides is 1. The van der Waals surface area contributed by atoms with E-state index in [4.69, 9.17) is 0 Å². The number of aromatic nitrogens is 2. The maximum absolute atomic E-state index is 13.5. The predicted octanol–water partition coefficient (Wildman–Crippen LogP) is 5.25. The van der Waals surface area contributed by atoms with E-state index in [9.17, 15) is 4.79 Å². The molecule has 0 radical (unpaired) electrons. The van der Waals surface area contributed by atoms with E-state index in [2.05, 4.69) is 28.1 Å². The molecule has 6 heteroatoms. The van der Waals surface area contributed by atoms with Gasteiger partial charge in [-0.15, -0.1) is 21.5 Å². The van der Waals surface area contributed by atoms with Gasteiger partial charge in [0, 0.05) is 25.3 Å². The first-order chi connectivity index (χ1) is 14.8. The first kappa shape index (κ1) is 20.5. The molecule has 0 saturated carbocycles. The van der Waals surface area contributed by atoms with Crippen LogP contribution in [-0.2, 0) is 4.79 Å². The molecule has 1 saturated heterocycles. The van der Waals surface area contributed by atoms with Gasteiger partial charge in [-0.25, -0.2) is 0 Å². The summed E-state index contributed by atoms with van der Waals surface area (Å²) in [5.41, 5.74) is 1.89. The van der Waals surface area contributed by atoms with Crippen molar-refractivity contribution < 1.29 is 4.79 Å². The molecule has 1 fully saturated rings. The molecule has 30 heavy (non-hydrogen) atoms. The van der Waals surface area contributed by atoms with Crippen LogP contribution in [0.1, 0.15) is 32.6 Å². The third-order valence-corrected chi connectivity index (χ3v) is 6.48. The molecule has 2 aromatic heterocycles. The average molecular weight is 421 g/mol. The highest BCUT2D eigenvalue weighted by Crippen LogP contribution is 2.27. The molecule has 5 nitrogen and oxygen atoms in total. The van der Waals surface area contributed by atoms with Crippen molar-refractivity contribution in [3.63, 3.8) is 0 Å². The summed E-state index contributed by atoms with van der Waals surface area (Å²) in [6, 6.07) is 18.2. The van der Waals surface area contributed by atoms with Gasteiger partial charge >= 0.3 is 0 Å². The minimum atomic E-state index is -0.0189. The molecule has 0 N–H and O–H groups in total. The van der Waals surface area contributed by atoms with Crippen LogP contribution in [0.25, 0.3) is 10.6 Å². The normalized spacial score (nSPS) is 16.4. The molecular weight excluding hydrogens is 392 g/mol. The summed E-state index contributed by atoms with van der Waals surface area (Å²) >= 11 is 1.66. The zero-order chi connectivity index (χ0) is 20.8. The Morgan fingerprint density at radius 1 is 1.13 bits per heavy atom. The largest absolute Gasteiger partial charge is 0.354 e. The van der Waals surface area contributed by atoms with Gasteiger partial charge in [0.1, 0.15) is 5.69 Å². The van der Waals surface area contributed by atoms with Gasteiger partial charge in [-0.3, -0.25) is 4.79 Å². The molecule has 3 aromatic rings. The Bertz CT molecular complexity index is 928. The highest BCUT2D eigenvalue weighted by Gasteiger charge is 2.30. The summed E-state index contributed by atoms with van der Waals surface area (Å²) in [7, 11) is 0. The smallest absolute Gasteiger partial charge is 0.231 e. The zero-order valence-corrected chi connectivity index (χ0v) is 18.2. The van der Waals surface area contributed by atoms with E-state index in [0.29, 0.717) is 6.54 Å². The van der Waals surface area contributed by atoms with Gasteiger partial charge in [0.25, 0.3) is 0 Å². The second kappa shape index (κ2) is 9.85. The lowest BCUT2D eigenvalue weighted by Gasteiger charge is -2.35. The van der Waals surface area contributed by atoms with Gasteiger partial charge in [0.05, 0.1) is 10.8 Å². The van der Waals surface area contributed by atoms with Crippen LogP contribution < -0.4 is 9.80 Å². The fraction of sp³-hybridized carbons (Fsp3) is 0.375. The number of benzene rings is 1. The number of hydrogen-bond donors (Lipinski definition) is 0. The molecule has 156 valence electrons. The van der Waals surface area contributed by atoms with Crippen LogP contribution in [0.5, 0.6) is 0 Å². The van der Waals surface area contributed by atoms with Crippen LogP contribution in [0.4, 0.5) is 11.5 Å². The number of unbranched alkanes of at least 4 members (excludes halogenated alkanes) is 1. The van der Waals surface area contributed by atoms with Gasteiger partial charge in [-0.05, 0) is 55.0 Å². The molecule has 0 spiro atoms. The predicted molar refractivity (Wildman–Crippen MR) is 124 cm³/mol. The number of piperidine rings is 1. The standard InChI is InChI=1S/C24H28N4OS/c1-2-3-16-28(20-10-5-4-6-11-20)24(29)19-9-7-15-27(18-19)23-14-13-21(25-26-23)22-12-8-17-30-22/h4-6,8,10-14,17,19H,2-3,7,9,15-16,18H2,1H3. The fourth-order valence-electron chi connectivity index (χ4n) is 3.95. The van der Waals surface area contributed by atoms with Crippen molar-refractivity contribution >= 4 is 28.7 Å². The van der Waals surface area contributed by atoms with Crippen LogP contribution >= 0.6 is 11.3 Å². The molecule has 0 aliphatic carbocycles. The van der Waals surface area contributed by atoms with Crippen LogP contribution in [0.3, 0.4) is 0 Å². The van der Waals surface area contributed by atoms with Crippen LogP contribution in [0, 0.1) is 5.92 Å². The molecule has 1 aliphatic rings. The molecule has 1 unspecified atom stereocenters. The Kier molecular flexibility index (Phi) is 6.74. The Balaban J connectivity index is 1.47. The molecular formula is C24H28N4OS. The topological polar surface area (TPSA) is 49.3 Å². The average Bonchev–Trinajstić information content (AvgIpc) is 3.35. The highest BCUT2D eigenvalue weighted by atomic mass is 32.1. The van der Waals surface area contributed by atoms with E-state index in [0.717, 1.165) is 60.8 Å². The highest BCUT2D eigenvalue weighted by molar-refractivity contribution is 7.13. The Labute approximate surface area is 182 Å². The lowest BCUT2D eigenvalue weighted by molar-refractivity contribution is -0.122. The summed E-state index contributed by atoms with van der Waals surface area (Å²) in [5, 5.41) is 10.9. The SMILES string of the molecule is CCCCN(C(=O)C1CCCN(c2ccc(-c3cccs3)nn2)C1)c1ccccc1. The lowest BCUT2D eigenvalue weighted by Crippen LogP contribution is -2.45. The van der Waals surface area contributed by atoms with Crippen molar-refractivity contribution in [3.05, 3.63) is 60.0 Å². The Morgan fingerprint density at radius 2 is 2.00 bits per heavy atom. The van der Waals surface area contributed by atoms with Crippen molar-refractivity contribution in [2.75, 3.05) is 29.4 Å². The summed E-state index contributed by atoms with van der Waals surface area (Å²) in [6.07, 6.45) is 3.99. The molecule has 1 amide bonds. The van der Waals surface area contributed by atoms with E-state index in [-0.39, 0.29) is 11.8 Å². The fourth-order valence-corrected chi connectivity index (χ4v) is 4.64. The number of nitrogens with zero attached hydrogens (tertiary/aromatic N) is 4. The monoisotopic (exact) mass is 420 g/mol. The van der Waals surface area contributed by atoms with Crippen molar-refractivity contribution in [1.29, 1.82) is 0 Å². The van der Waals surface area contributed by atoms with E-state index in [1.807, 2.05) is 58.8 Å². The first-order valence-electron chi connectivity index (χ1n) is 10.7. The number of anilines is 2. The summed E-state index contributed by atoms with van der Waals surface area (Å²) in [5.74, 6) is 1.06. The van der Waals surface area contributed by atoms with Gasteiger partial charge in [0.2, 0.25) is 5.91 Å². The molecule has 1 aliphatic heterocycles. The zero-order valence-electron chi connectivity index (χ0n) is 17.4. The van der Waals surface area contributed by atoms with E-state index >= 15 is 0 Å². The summed E-state index contributed by atoms with van der Waals surface area (Å²) in [4.78, 5) is 18.8. The second-order valence-corrected chi connectivity index (χ2v) is 8.67. The van der Waals surface area contributed by atoms with E-state index in [1.54, 1.807) is 11.3 Å². The second-order valence-electron chi connectivity index (χ2n) is 7.72. The summed E-state index contributed by atoms with van der Waals surface area (Å²) in [6.45, 7) is 4.54. The van der Waals surface area contributed by atoms with Crippen LogP contribution in [0.2, 0.25) is 0 Å². The quantitative estimate of drug-likeness (QED) is 0.523. The van der Waals surface area contributed by atoms with Crippen molar-refractivity contribution in [2.45, 2.75) is 32.6 Å². The van der Waals surface area contributed by atoms with Gasteiger partial charge in [-0.1, -0.05) is 37.6 Å². The van der Waals surface area contributed by atoms with Gasteiger partial charge < -0.3 is 9.80 Å².